The van der Waals surface area contributed by atoms with E-state index in [1.165, 1.54) is 12.3 Å². The van der Waals surface area contributed by atoms with Crippen molar-refractivity contribution in [2.45, 2.75) is 25.6 Å². The van der Waals surface area contributed by atoms with Crippen LogP contribution in [0.15, 0.2) is 42.6 Å². The van der Waals surface area contributed by atoms with Crippen molar-refractivity contribution in [1.29, 1.82) is 0 Å². The van der Waals surface area contributed by atoms with Gasteiger partial charge in [-0.2, -0.15) is 0 Å². The molecule has 26 heavy (non-hydrogen) atoms. The quantitative estimate of drug-likeness (QED) is 0.853. The van der Waals surface area contributed by atoms with Crippen LogP contribution in [0.3, 0.4) is 0 Å². The van der Waals surface area contributed by atoms with Gasteiger partial charge in [0.2, 0.25) is 5.91 Å². The van der Waals surface area contributed by atoms with Gasteiger partial charge in [0.1, 0.15) is 24.2 Å². The van der Waals surface area contributed by atoms with Gasteiger partial charge in [0, 0.05) is 12.7 Å². The largest absolute Gasteiger partial charge is 0.491 e. The van der Waals surface area contributed by atoms with Crippen molar-refractivity contribution in [3.8, 4) is 5.75 Å². The molecule has 0 bridgehead atoms. The number of ether oxygens (including phenoxy) is 2. The van der Waals surface area contributed by atoms with Gasteiger partial charge in [-0.1, -0.05) is 18.2 Å². The number of carbonyl (C=O) groups excluding carboxylic acids is 2. The molecule has 0 radical (unpaired) electrons. The molecule has 3 N–H and O–H groups in total. The minimum atomic E-state index is -0.572. The zero-order valence-corrected chi connectivity index (χ0v) is 14.9. The number of carbonyl (C=O) groups is 2. The van der Waals surface area contributed by atoms with E-state index in [-0.39, 0.29) is 17.6 Å². The molecule has 1 fully saturated rings. The highest BCUT2D eigenvalue weighted by molar-refractivity contribution is 5.98. The molecule has 138 valence electrons. The summed E-state index contributed by atoms with van der Waals surface area (Å²) in [4.78, 5) is 28.5. The van der Waals surface area contributed by atoms with Gasteiger partial charge in [-0.3, -0.25) is 9.59 Å². The maximum atomic E-state index is 12.8. The van der Waals surface area contributed by atoms with Crippen molar-refractivity contribution in [3.05, 3.63) is 53.9 Å². The van der Waals surface area contributed by atoms with E-state index in [2.05, 4.69) is 4.98 Å². The standard InChI is InChI=1S/C19H23N3O4/c1-19(2)12-22(18(24)16-8-13(9-21-16)17(20)23)10-15(26-19)11-25-14-6-4-3-5-7-14/h3-9,15,21H,10-12H2,1-2H3,(H2,20,23). The van der Waals surface area contributed by atoms with Gasteiger partial charge in [0.15, 0.2) is 0 Å². The van der Waals surface area contributed by atoms with Crippen LogP contribution in [0.25, 0.3) is 0 Å². The highest BCUT2D eigenvalue weighted by atomic mass is 16.5. The van der Waals surface area contributed by atoms with Crippen LogP contribution < -0.4 is 10.5 Å². The molecular weight excluding hydrogens is 334 g/mol. The Morgan fingerprint density at radius 2 is 2.08 bits per heavy atom. The molecule has 1 aliphatic rings. The minimum Gasteiger partial charge on any atom is -0.491 e. The summed E-state index contributed by atoms with van der Waals surface area (Å²) in [5, 5.41) is 0. The molecule has 2 heterocycles. The lowest BCUT2D eigenvalue weighted by Gasteiger charge is -2.42. The zero-order valence-electron chi connectivity index (χ0n) is 14.9. The van der Waals surface area contributed by atoms with Crippen LogP contribution in [0.5, 0.6) is 5.75 Å². The molecule has 7 nitrogen and oxygen atoms in total. The zero-order chi connectivity index (χ0) is 18.7. The summed E-state index contributed by atoms with van der Waals surface area (Å²) in [6, 6.07) is 11.0. The van der Waals surface area contributed by atoms with E-state index < -0.39 is 11.5 Å². The average molecular weight is 357 g/mol. The summed E-state index contributed by atoms with van der Waals surface area (Å²) in [7, 11) is 0. The Balaban J connectivity index is 1.68. The van der Waals surface area contributed by atoms with Crippen molar-refractivity contribution in [3.63, 3.8) is 0 Å². The summed E-state index contributed by atoms with van der Waals surface area (Å²) in [5.41, 5.74) is 5.36. The van der Waals surface area contributed by atoms with Crippen molar-refractivity contribution in [2.24, 2.45) is 5.73 Å². The van der Waals surface area contributed by atoms with Gasteiger partial charge in [0.25, 0.3) is 5.91 Å². The van der Waals surface area contributed by atoms with Crippen LogP contribution in [0.2, 0.25) is 0 Å². The predicted octanol–water partition coefficient (Wildman–Crippen LogP) is 1.81. The first-order valence-electron chi connectivity index (χ1n) is 8.47. The first-order valence-corrected chi connectivity index (χ1v) is 8.47. The van der Waals surface area contributed by atoms with Crippen LogP contribution in [0.1, 0.15) is 34.7 Å². The summed E-state index contributed by atoms with van der Waals surface area (Å²) in [5.74, 6) is -0.0110. The molecule has 1 atom stereocenters. The van der Waals surface area contributed by atoms with Crippen LogP contribution in [0, 0.1) is 0 Å². The first kappa shape index (κ1) is 18.0. The molecule has 7 heteroatoms. The molecule has 1 unspecified atom stereocenters. The van der Waals surface area contributed by atoms with Gasteiger partial charge in [-0.25, -0.2) is 0 Å². The number of primary amides is 1. The maximum absolute atomic E-state index is 12.8. The number of hydrogen-bond acceptors (Lipinski definition) is 4. The Morgan fingerprint density at radius 1 is 1.35 bits per heavy atom. The minimum absolute atomic E-state index is 0.196. The Kier molecular flexibility index (Phi) is 4.99. The number of nitrogens with one attached hydrogen (secondary N) is 1. The lowest BCUT2D eigenvalue weighted by Crippen LogP contribution is -2.56. The molecule has 0 saturated carbocycles. The number of nitrogens with zero attached hydrogens (tertiary/aromatic N) is 1. The topological polar surface area (TPSA) is 97.7 Å². The SMILES string of the molecule is CC1(C)CN(C(=O)c2cc(C(N)=O)c[nH]2)CC(COc2ccccc2)O1. The number of nitrogens with two attached hydrogens (primary N) is 1. The van der Waals surface area contributed by atoms with Crippen molar-refractivity contribution in [2.75, 3.05) is 19.7 Å². The third kappa shape index (κ3) is 4.23. The fourth-order valence-electron chi connectivity index (χ4n) is 3.07. The molecular formula is C19H23N3O4. The van der Waals surface area contributed by atoms with Crippen molar-refractivity contribution in [1.82, 2.24) is 9.88 Å². The molecule has 0 aliphatic carbocycles. The normalized spacial score (nSPS) is 19.2. The van der Waals surface area contributed by atoms with E-state index >= 15 is 0 Å². The highest BCUT2D eigenvalue weighted by Crippen LogP contribution is 2.23. The molecule has 2 amide bonds. The number of H-pyrrole nitrogens is 1. The Labute approximate surface area is 152 Å². The highest BCUT2D eigenvalue weighted by Gasteiger charge is 2.36. The number of aromatic amines is 1. The lowest BCUT2D eigenvalue weighted by atomic mass is 10.0. The molecule has 2 aromatic rings. The first-order chi connectivity index (χ1) is 12.3. The van der Waals surface area contributed by atoms with Crippen LogP contribution >= 0.6 is 0 Å². The summed E-state index contributed by atoms with van der Waals surface area (Å²) < 4.78 is 11.8. The molecule has 1 saturated heterocycles. The second-order valence-electron chi connectivity index (χ2n) is 6.98. The monoisotopic (exact) mass is 357 g/mol. The van der Waals surface area contributed by atoms with Gasteiger partial charge in [0.05, 0.1) is 17.7 Å². The Hall–Kier alpha value is -2.80. The second kappa shape index (κ2) is 7.21. The van der Waals surface area contributed by atoms with Crippen molar-refractivity contribution >= 4 is 11.8 Å². The third-order valence-electron chi connectivity index (χ3n) is 4.15. The smallest absolute Gasteiger partial charge is 0.270 e. The lowest BCUT2D eigenvalue weighted by molar-refractivity contribution is -0.136. The van der Waals surface area contributed by atoms with E-state index in [1.807, 2.05) is 44.2 Å². The van der Waals surface area contributed by atoms with Gasteiger partial charge in [-0.15, -0.1) is 0 Å². The van der Waals surface area contributed by atoms with Gasteiger partial charge in [-0.05, 0) is 32.0 Å². The molecule has 1 aromatic heterocycles. The van der Waals surface area contributed by atoms with Crippen LogP contribution in [-0.4, -0.2) is 53.1 Å². The number of morpholine rings is 1. The van der Waals surface area contributed by atoms with E-state index in [1.54, 1.807) is 4.90 Å². The molecule has 1 aromatic carbocycles. The Morgan fingerprint density at radius 3 is 2.73 bits per heavy atom. The second-order valence-corrected chi connectivity index (χ2v) is 6.98. The summed E-state index contributed by atoms with van der Waals surface area (Å²) >= 11 is 0. The maximum Gasteiger partial charge on any atom is 0.270 e. The summed E-state index contributed by atoms with van der Waals surface area (Å²) in [6.45, 7) is 5.06. The number of amides is 2. The van der Waals surface area contributed by atoms with E-state index in [4.69, 9.17) is 15.2 Å². The summed E-state index contributed by atoms with van der Waals surface area (Å²) in [6.07, 6.45) is 1.19. The number of hydrogen-bond donors (Lipinski definition) is 2. The van der Waals surface area contributed by atoms with Gasteiger partial charge < -0.3 is 25.1 Å². The molecule has 1 aliphatic heterocycles. The van der Waals surface area contributed by atoms with E-state index in [9.17, 15) is 9.59 Å². The number of benzene rings is 1. The van der Waals surface area contributed by atoms with E-state index in [0.717, 1.165) is 5.75 Å². The predicted molar refractivity (Wildman–Crippen MR) is 96.1 cm³/mol. The van der Waals surface area contributed by atoms with Crippen LogP contribution in [0.4, 0.5) is 0 Å². The molecule has 3 rings (SSSR count). The van der Waals surface area contributed by atoms with E-state index in [0.29, 0.717) is 25.4 Å². The number of aromatic nitrogens is 1. The molecule has 0 spiro atoms. The fraction of sp³-hybridized carbons (Fsp3) is 0.368. The van der Waals surface area contributed by atoms with Crippen molar-refractivity contribution < 1.29 is 19.1 Å². The van der Waals surface area contributed by atoms with Gasteiger partial charge >= 0.3 is 0 Å². The fourth-order valence-corrected chi connectivity index (χ4v) is 3.07. The van der Waals surface area contributed by atoms with Crippen LogP contribution in [-0.2, 0) is 4.74 Å². The number of rotatable bonds is 5. The number of para-hydroxylation sites is 1. The Bertz CT molecular complexity index is 785. The average Bonchev–Trinajstić information content (AvgIpc) is 3.09. The third-order valence-corrected chi connectivity index (χ3v) is 4.15.